The van der Waals surface area contributed by atoms with Crippen molar-refractivity contribution in [1.29, 1.82) is 0 Å². The molecular weight excluding hydrogens is 339 g/mol. The van der Waals surface area contributed by atoms with Crippen molar-refractivity contribution in [2.75, 3.05) is 13.1 Å². The van der Waals surface area contributed by atoms with Crippen LogP contribution in [0.15, 0.2) is 30.3 Å². The first-order valence-corrected chi connectivity index (χ1v) is 7.62. The molecule has 6 nitrogen and oxygen atoms in total. The first-order chi connectivity index (χ1) is 11.6. The lowest BCUT2D eigenvalue weighted by molar-refractivity contribution is -0.141. The Morgan fingerprint density at radius 1 is 1.24 bits per heavy atom. The zero-order chi connectivity index (χ0) is 18.7. The fraction of sp³-hybridized carbons (Fsp3) is 0.438. The van der Waals surface area contributed by atoms with E-state index in [1.54, 1.807) is 5.32 Å². The molecule has 1 atom stereocenters. The zero-order valence-corrected chi connectivity index (χ0v) is 13.5. The lowest BCUT2D eigenvalue weighted by Crippen LogP contribution is -2.46. The number of rotatable bonds is 6. The molecule has 136 valence electrons. The third kappa shape index (κ3) is 4.94. The maximum atomic E-state index is 12.4. The Morgan fingerprint density at radius 2 is 1.88 bits per heavy atom. The van der Waals surface area contributed by atoms with Crippen molar-refractivity contribution in [3.63, 3.8) is 0 Å². The summed E-state index contributed by atoms with van der Waals surface area (Å²) in [7, 11) is 0. The molecule has 0 unspecified atom stereocenters. The first kappa shape index (κ1) is 18.8. The Labute approximate surface area is 142 Å². The van der Waals surface area contributed by atoms with Crippen LogP contribution in [0.1, 0.15) is 18.9 Å². The van der Waals surface area contributed by atoms with E-state index in [2.05, 4.69) is 5.32 Å². The number of amides is 4. The number of carbonyl (C=O) groups excluding carboxylic acids is 3. The van der Waals surface area contributed by atoms with Gasteiger partial charge in [0.05, 0.1) is 0 Å². The van der Waals surface area contributed by atoms with Crippen molar-refractivity contribution >= 4 is 17.8 Å². The van der Waals surface area contributed by atoms with Gasteiger partial charge in [-0.2, -0.15) is 13.2 Å². The molecule has 1 aromatic rings. The SMILES string of the molecule is C[C@@]1(CCc2ccccc2)NC(=O)N(CC(=O)NCC(F)(F)F)C1=O. The Bertz CT molecular complexity index is 664. The maximum absolute atomic E-state index is 12.4. The molecule has 1 heterocycles. The van der Waals surface area contributed by atoms with Gasteiger partial charge in [0.2, 0.25) is 5.91 Å². The molecule has 0 bridgehead atoms. The Kier molecular flexibility index (Phi) is 5.34. The van der Waals surface area contributed by atoms with Crippen molar-refractivity contribution in [3.8, 4) is 0 Å². The fourth-order valence-electron chi connectivity index (χ4n) is 2.50. The van der Waals surface area contributed by atoms with Crippen molar-refractivity contribution in [2.45, 2.75) is 31.5 Å². The minimum absolute atomic E-state index is 0.308. The molecule has 0 aromatic heterocycles. The topological polar surface area (TPSA) is 78.5 Å². The van der Waals surface area contributed by atoms with E-state index in [9.17, 15) is 27.6 Å². The van der Waals surface area contributed by atoms with Crippen molar-refractivity contribution < 1.29 is 27.6 Å². The minimum atomic E-state index is -4.56. The van der Waals surface area contributed by atoms with Gasteiger partial charge < -0.3 is 10.6 Å². The van der Waals surface area contributed by atoms with Gasteiger partial charge in [-0.25, -0.2) is 4.79 Å². The normalized spacial score (nSPS) is 20.6. The van der Waals surface area contributed by atoms with Gasteiger partial charge in [-0.3, -0.25) is 14.5 Å². The molecule has 9 heteroatoms. The van der Waals surface area contributed by atoms with E-state index in [4.69, 9.17) is 0 Å². The van der Waals surface area contributed by atoms with Crippen LogP contribution in [0.5, 0.6) is 0 Å². The second-order valence-corrected chi connectivity index (χ2v) is 6.03. The molecule has 0 spiro atoms. The van der Waals surface area contributed by atoms with Gasteiger partial charge in [0.25, 0.3) is 5.91 Å². The van der Waals surface area contributed by atoms with E-state index in [0.717, 1.165) is 5.56 Å². The monoisotopic (exact) mass is 357 g/mol. The molecule has 1 aromatic carbocycles. The summed E-state index contributed by atoms with van der Waals surface area (Å²) < 4.78 is 36.3. The molecule has 2 rings (SSSR count). The second kappa shape index (κ2) is 7.12. The van der Waals surface area contributed by atoms with E-state index in [0.29, 0.717) is 17.7 Å². The van der Waals surface area contributed by atoms with Crippen molar-refractivity contribution in [2.24, 2.45) is 0 Å². The number of halogens is 3. The van der Waals surface area contributed by atoms with Crippen LogP contribution in [-0.2, 0) is 16.0 Å². The second-order valence-electron chi connectivity index (χ2n) is 6.03. The summed E-state index contributed by atoms with van der Waals surface area (Å²) in [4.78, 5) is 36.6. The number of carbonyl (C=O) groups is 3. The van der Waals surface area contributed by atoms with Crippen LogP contribution >= 0.6 is 0 Å². The fourth-order valence-corrected chi connectivity index (χ4v) is 2.50. The van der Waals surface area contributed by atoms with Crippen LogP contribution in [0.4, 0.5) is 18.0 Å². The van der Waals surface area contributed by atoms with Gasteiger partial charge in [-0.05, 0) is 25.3 Å². The Morgan fingerprint density at radius 3 is 2.48 bits per heavy atom. The number of urea groups is 1. The van der Waals surface area contributed by atoms with E-state index >= 15 is 0 Å². The van der Waals surface area contributed by atoms with Crippen LogP contribution in [0.25, 0.3) is 0 Å². The highest BCUT2D eigenvalue weighted by Gasteiger charge is 2.47. The van der Waals surface area contributed by atoms with Crippen LogP contribution < -0.4 is 10.6 Å². The van der Waals surface area contributed by atoms with Gasteiger partial charge in [-0.1, -0.05) is 30.3 Å². The Balaban J connectivity index is 1.95. The molecule has 1 aliphatic heterocycles. The molecule has 0 saturated carbocycles. The highest BCUT2D eigenvalue weighted by atomic mass is 19.4. The summed E-state index contributed by atoms with van der Waals surface area (Å²) in [5, 5.41) is 4.15. The van der Waals surface area contributed by atoms with Gasteiger partial charge in [0, 0.05) is 0 Å². The summed E-state index contributed by atoms with van der Waals surface area (Å²) in [5.41, 5.74) is -0.218. The summed E-state index contributed by atoms with van der Waals surface area (Å²) in [6.45, 7) is -0.730. The smallest absolute Gasteiger partial charge is 0.345 e. The molecule has 1 aliphatic rings. The summed E-state index contributed by atoms with van der Waals surface area (Å²) in [6, 6.07) is 8.53. The minimum Gasteiger partial charge on any atom is -0.345 e. The number of alkyl halides is 3. The van der Waals surface area contributed by atoms with Crippen LogP contribution in [-0.4, -0.2) is 47.6 Å². The molecule has 0 aliphatic carbocycles. The van der Waals surface area contributed by atoms with Gasteiger partial charge >= 0.3 is 12.2 Å². The number of imide groups is 1. The standard InChI is InChI=1S/C16H18F3N3O3/c1-15(8-7-11-5-3-2-4-6-11)13(24)22(14(25)21-15)9-12(23)20-10-16(17,18)19/h2-6H,7-10H2,1H3,(H,20,23)(H,21,25)/t15-/m0/s1. The average molecular weight is 357 g/mol. The molecule has 1 fully saturated rings. The quantitative estimate of drug-likeness (QED) is 0.760. The maximum Gasteiger partial charge on any atom is 0.405 e. The highest BCUT2D eigenvalue weighted by Crippen LogP contribution is 2.23. The summed E-state index contributed by atoms with van der Waals surface area (Å²) in [6.07, 6.45) is -3.73. The summed E-state index contributed by atoms with van der Waals surface area (Å²) in [5.74, 6) is -1.68. The van der Waals surface area contributed by atoms with Gasteiger partial charge in [0.15, 0.2) is 0 Å². The molecule has 2 N–H and O–H groups in total. The van der Waals surface area contributed by atoms with Gasteiger partial charge in [0.1, 0.15) is 18.6 Å². The Hall–Kier alpha value is -2.58. The average Bonchev–Trinajstić information content (AvgIpc) is 2.75. The van der Waals surface area contributed by atoms with E-state index in [1.165, 1.54) is 6.92 Å². The number of nitrogens with zero attached hydrogens (tertiary/aromatic N) is 1. The predicted octanol–water partition coefficient (Wildman–Crippen LogP) is 1.61. The highest BCUT2D eigenvalue weighted by molar-refractivity contribution is 6.08. The molecule has 0 radical (unpaired) electrons. The van der Waals surface area contributed by atoms with Crippen molar-refractivity contribution in [1.82, 2.24) is 15.5 Å². The van der Waals surface area contributed by atoms with E-state index in [1.807, 2.05) is 30.3 Å². The molecule has 4 amide bonds. The number of hydrogen-bond acceptors (Lipinski definition) is 3. The van der Waals surface area contributed by atoms with Crippen LogP contribution in [0.3, 0.4) is 0 Å². The van der Waals surface area contributed by atoms with Crippen molar-refractivity contribution in [3.05, 3.63) is 35.9 Å². The van der Waals surface area contributed by atoms with Crippen LogP contribution in [0, 0.1) is 0 Å². The lowest BCUT2D eigenvalue weighted by Gasteiger charge is -2.21. The predicted molar refractivity (Wildman–Crippen MR) is 82.5 cm³/mol. The number of benzene rings is 1. The van der Waals surface area contributed by atoms with Crippen LogP contribution in [0.2, 0.25) is 0 Å². The first-order valence-electron chi connectivity index (χ1n) is 7.62. The molecule has 25 heavy (non-hydrogen) atoms. The molecular formula is C16H18F3N3O3. The number of nitrogens with one attached hydrogen (secondary N) is 2. The summed E-state index contributed by atoms with van der Waals surface area (Å²) >= 11 is 0. The largest absolute Gasteiger partial charge is 0.405 e. The number of hydrogen-bond donors (Lipinski definition) is 2. The third-order valence-corrected chi connectivity index (χ3v) is 3.89. The lowest BCUT2D eigenvalue weighted by atomic mass is 9.93. The van der Waals surface area contributed by atoms with E-state index < -0.39 is 42.7 Å². The van der Waals surface area contributed by atoms with E-state index in [-0.39, 0.29) is 0 Å². The van der Waals surface area contributed by atoms with Gasteiger partial charge in [-0.15, -0.1) is 0 Å². The number of aryl methyl sites for hydroxylation is 1. The molecule has 1 saturated heterocycles. The zero-order valence-electron chi connectivity index (χ0n) is 13.5. The third-order valence-electron chi connectivity index (χ3n) is 3.89.